The van der Waals surface area contributed by atoms with Gasteiger partial charge in [-0.3, -0.25) is 4.68 Å². The van der Waals surface area contributed by atoms with Gasteiger partial charge in [-0.25, -0.2) is 13.1 Å². The zero-order valence-corrected chi connectivity index (χ0v) is 11.7. The van der Waals surface area contributed by atoms with Crippen LogP contribution >= 0.6 is 0 Å². The number of hydrogen-bond acceptors (Lipinski definition) is 4. The van der Waals surface area contributed by atoms with Crippen molar-refractivity contribution in [1.29, 1.82) is 0 Å². The maximum Gasteiger partial charge on any atom is 0.244 e. The largest absolute Gasteiger partial charge is 0.394 e. The Morgan fingerprint density at radius 1 is 1.50 bits per heavy atom. The molecule has 2 unspecified atom stereocenters. The zero-order valence-electron chi connectivity index (χ0n) is 10.8. The molecule has 0 saturated heterocycles. The topological polar surface area (TPSA) is 84.2 Å². The molecule has 0 radical (unpaired) electrons. The van der Waals surface area contributed by atoms with Crippen LogP contribution in [0.1, 0.15) is 24.7 Å². The second kappa shape index (κ2) is 4.64. The van der Waals surface area contributed by atoms with Crippen LogP contribution in [-0.4, -0.2) is 36.0 Å². The van der Waals surface area contributed by atoms with Gasteiger partial charge in [0.05, 0.1) is 24.5 Å². The molecule has 0 aromatic carbocycles. The van der Waals surface area contributed by atoms with Crippen LogP contribution in [0.25, 0.3) is 0 Å². The summed E-state index contributed by atoms with van der Waals surface area (Å²) in [6, 6.07) is 0.0509. The van der Waals surface area contributed by atoms with Crippen LogP contribution < -0.4 is 4.72 Å². The highest BCUT2D eigenvalue weighted by atomic mass is 32.2. The van der Waals surface area contributed by atoms with Gasteiger partial charge in [-0.1, -0.05) is 6.92 Å². The minimum Gasteiger partial charge on any atom is -0.394 e. The predicted molar refractivity (Wildman–Crippen MR) is 66.7 cm³/mol. The van der Waals surface area contributed by atoms with E-state index in [2.05, 4.69) is 9.82 Å². The number of aliphatic hydroxyl groups excluding tert-OH is 1. The molecule has 1 heterocycles. The molecule has 1 aliphatic rings. The lowest BCUT2D eigenvalue weighted by Gasteiger charge is -2.06. The molecule has 0 aliphatic heterocycles. The number of nitrogens with zero attached hydrogens (tertiary/aromatic N) is 2. The fourth-order valence-corrected chi connectivity index (χ4v) is 3.90. The zero-order chi connectivity index (χ0) is 13.5. The average Bonchev–Trinajstić information content (AvgIpc) is 2.82. The molecule has 1 saturated carbocycles. The summed E-state index contributed by atoms with van der Waals surface area (Å²) in [5.41, 5.74) is 1.05. The SMILES string of the molecule is Cc1nn(CCO)c(C)c1S(=O)(=O)NC1CC1C. The van der Waals surface area contributed by atoms with Gasteiger partial charge in [-0.2, -0.15) is 5.10 Å². The van der Waals surface area contributed by atoms with Crippen molar-refractivity contribution < 1.29 is 13.5 Å². The molecule has 7 heteroatoms. The Labute approximate surface area is 107 Å². The molecule has 0 spiro atoms. The minimum absolute atomic E-state index is 0.0509. The van der Waals surface area contributed by atoms with E-state index in [0.29, 0.717) is 23.9 Å². The summed E-state index contributed by atoms with van der Waals surface area (Å²) in [6.45, 7) is 5.64. The van der Waals surface area contributed by atoms with Crippen LogP contribution in [0.5, 0.6) is 0 Å². The van der Waals surface area contributed by atoms with Crippen molar-refractivity contribution in [2.24, 2.45) is 5.92 Å². The van der Waals surface area contributed by atoms with Gasteiger partial charge in [0.25, 0.3) is 0 Å². The number of rotatable bonds is 5. The van der Waals surface area contributed by atoms with Crippen molar-refractivity contribution in [3.05, 3.63) is 11.4 Å². The summed E-state index contributed by atoms with van der Waals surface area (Å²) < 4.78 is 28.7. The Balaban J connectivity index is 2.32. The van der Waals surface area contributed by atoms with Crippen molar-refractivity contribution in [1.82, 2.24) is 14.5 Å². The van der Waals surface area contributed by atoms with Crippen LogP contribution in [0.15, 0.2) is 4.90 Å². The Morgan fingerprint density at radius 2 is 2.11 bits per heavy atom. The van der Waals surface area contributed by atoms with E-state index in [0.717, 1.165) is 6.42 Å². The van der Waals surface area contributed by atoms with Crippen LogP contribution in [0, 0.1) is 19.8 Å². The molecule has 102 valence electrons. The second-order valence-electron chi connectivity index (χ2n) is 4.89. The molecule has 6 nitrogen and oxygen atoms in total. The first-order valence-electron chi connectivity index (χ1n) is 6.04. The molecule has 1 aliphatic carbocycles. The minimum atomic E-state index is -3.50. The van der Waals surface area contributed by atoms with Gasteiger partial charge in [-0.15, -0.1) is 0 Å². The van der Waals surface area contributed by atoms with E-state index in [1.807, 2.05) is 6.92 Å². The third-order valence-electron chi connectivity index (χ3n) is 3.31. The maximum absolute atomic E-state index is 12.3. The van der Waals surface area contributed by atoms with Crippen molar-refractivity contribution in [3.63, 3.8) is 0 Å². The van der Waals surface area contributed by atoms with E-state index in [1.54, 1.807) is 13.8 Å². The fraction of sp³-hybridized carbons (Fsp3) is 0.727. The van der Waals surface area contributed by atoms with Crippen LogP contribution in [0.2, 0.25) is 0 Å². The quantitative estimate of drug-likeness (QED) is 0.801. The summed E-state index contributed by atoms with van der Waals surface area (Å²) in [7, 11) is -3.50. The first-order chi connectivity index (χ1) is 8.36. The van der Waals surface area contributed by atoms with Crippen molar-refractivity contribution >= 4 is 10.0 Å². The molecule has 2 N–H and O–H groups in total. The average molecular weight is 273 g/mol. The van der Waals surface area contributed by atoms with Gasteiger partial charge in [0.2, 0.25) is 10.0 Å². The third-order valence-corrected chi connectivity index (χ3v) is 5.05. The first-order valence-corrected chi connectivity index (χ1v) is 7.52. The summed E-state index contributed by atoms with van der Waals surface area (Å²) in [6.07, 6.45) is 0.891. The van der Waals surface area contributed by atoms with Crippen molar-refractivity contribution in [3.8, 4) is 0 Å². The van der Waals surface area contributed by atoms with E-state index >= 15 is 0 Å². The Morgan fingerprint density at radius 3 is 2.61 bits per heavy atom. The fourth-order valence-electron chi connectivity index (χ4n) is 2.13. The number of hydrogen-bond donors (Lipinski definition) is 2. The smallest absolute Gasteiger partial charge is 0.244 e. The number of aromatic nitrogens is 2. The molecule has 0 bridgehead atoms. The molecule has 1 aromatic rings. The molecule has 18 heavy (non-hydrogen) atoms. The first kappa shape index (κ1) is 13.5. The summed E-state index contributed by atoms with van der Waals surface area (Å²) in [5, 5.41) is 13.1. The highest BCUT2D eigenvalue weighted by Gasteiger charge is 2.38. The molecular weight excluding hydrogens is 254 g/mol. The summed E-state index contributed by atoms with van der Waals surface area (Å²) >= 11 is 0. The number of aryl methyl sites for hydroxylation is 1. The Hall–Kier alpha value is -0.920. The molecule has 1 aromatic heterocycles. The Bertz CT molecular complexity index is 550. The lowest BCUT2D eigenvalue weighted by atomic mass is 10.4. The number of aliphatic hydroxyl groups is 1. The van der Waals surface area contributed by atoms with E-state index < -0.39 is 10.0 Å². The van der Waals surface area contributed by atoms with E-state index in [4.69, 9.17) is 5.11 Å². The van der Waals surface area contributed by atoms with Crippen molar-refractivity contribution in [2.45, 2.75) is 44.7 Å². The second-order valence-corrected chi connectivity index (χ2v) is 6.54. The maximum atomic E-state index is 12.3. The van der Waals surface area contributed by atoms with E-state index in [-0.39, 0.29) is 17.5 Å². The van der Waals surface area contributed by atoms with Gasteiger partial charge < -0.3 is 5.11 Å². The molecule has 1 fully saturated rings. The van der Waals surface area contributed by atoms with Crippen LogP contribution in [-0.2, 0) is 16.6 Å². The highest BCUT2D eigenvalue weighted by Crippen LogP contribution is 2.31. The van der Waals surface area contributed by atoms with Crippen molar-refractivity contribution in [2.75, 3.05) is 6.61 Å². The van der Waals surface area contributed by atoms with E-state index in [1.165, 1.54) is 4.68 Å². The normalized spacial score (nSPS) is 23.3. The van der Waals surface area contributed by atoms with Crippen LogP contribution in [0.4, 0.5) is 0 Å². The lowest BCUT2D eigenvalue weighted by Crippen LogP contribution is -2.27. The van der Waals surface area contributed by atoms with Gasteiger partial charge in [-0.05, 0) is 26.2 Å². The summed E-state index contributed by atoms with van der Waals surface area (Å²) in [5.74, 6) is 0.410. The number of sulfonamides is 1. The standard InChI is InChI=1S/C11H19N3O3S/c1-7-6-10(7)13-18(16,17)11-8(2)12-14(4-5-15)9(11)3/h7,10,13,15H,4-6H2,1-3H3. The van der Waals surface area contributed by atoms with E-state index in [9.17, 15) is 8.42 Å². The molecule has 2 atom stereocenters. The van der Waals surface area contributed by atoms with Gasteiger partial charge in [0.1, 0.15) is 4.90 Å². The predicted octanol–water partition coefficient (Wildman–Crippen LogP) is 0.179. The number of nitrogens with one attached hydrogen (secondary N) is 1. The van der Waals surface area contributed by atoms with Gasteiger partial charge >= 0.3 is 0 Å². The molecule has 2 rings (SSSR count). The highest BCUT2D eigenvalue weighted by molar-refractivity contribution is 7.89. The lowest BCUT2D eigenvalue weighted by molar-refractivity contribution is 0.267. The molecule has 0 amide bonds. The van der Waals surface area contributed by atoms with Crippen LogP contribution in [0.3, 0.4) is 0 Å². The van der Waals surface area contributed by atoms with Gasteiger partial charge in [0, 0.05) is 6.04 Å². The van der Waals surface area contributed by atoms with Gasteiger partial charge in [0.15, 0.2) is 0 Å². The molecular formula is C11H19N3O3S. The summed E-state index contributed by atoms with van der Waals surface area (Å²) in [4.78, 5) is 0.245. The monoisotopic (exact) mass is 273 g/mol. The Kier molecular flexibility index (Phi) is 3.48. The third kappa shape index (κ3) is 2.43.